The Kier molecular flexibility index (Phi) is 4.60. The maximum atomic E-state index is 13.4. The topological polar surface area (TPSA) is 58.2 Å². The molecule has 2 amide bonds. The van der Waals surface area contributed by atoms with Gasteiger partial charge in [-0.2, -0.15) is 0 Å². The highest BCUT2D eigenvalue weighted by atomic mass is 79.9. The summed E-state index contributed by atoms with van der Waals surface area (Å²) in [6.45, 7) is 0.854. The van der Waals surface area contributed by atoms with Crippen LogP contribution in [0.5, 0.6) is 0 Å². The van der Waals surface area contributed by atoms with E-state index in [1.54, 1.807) is 12.1 Å². The molecule has 0 saturated heterocycles. The molecule has 2 aromatic rings. The fourth-order valence-corrected chi connectivity index (χ4v) is 5.28. The number of alkyl halides is 2. The Balaban J connectivity index is 0.000000128. The van der Waals surface area contributed by atoms with Crippen LogP contribution in [0.2, 0.25) is 0 Å². The quantitative estimate of drug-likeness (QED) is 0.523. The van der Waals surface area contributed by atoms with Crippen molar-refractivity contribution in [3.05, 3.63) is 67.6 Å². The second-order valence-electron chi connectivity index (χ2n) is 8.40. The molecule has 0 radical (unpaired) electrons. The first-order valence-electron chi connectivity index (χ1n) is 9.71. The minimum absolute atomic E-state index is 0.0952. The number of fused-ring (bicyclic) bond motifs is 4. The van der Waals surface area contributed by atoms with Gasteiger partial charge in [0.1, 0.15) is 12.3 Å². The molecule has 0 aromatic heterocycles. The first-order valence-corrected chi connectivity index (χ1v) is 11.3. The molecule has 6 rings (SSSR count). The summed E-state index contributed by atoms with van der Waals surface area (Å²) in [5, 5.41) is 5.49. The van der Waals surface area contributed by atoms with Gasteiger partial charge in [0.25, 0.3) is 11.8 Å². The predicted molar refractivity (Wildman–Crippen MR) is 115 cm³/mol. The molecule has 4 nitrogen and oxygen atoms in total. The van der Waals surface area contributed by atoms with Crippen LogP contribution in [0.15, 0.2) is 45.3 Å². The lowest BCUT2D eigenvalue weighted by atomic mass is 9.87. The molecule has 2 aliphatic heterocycles. The molecule has 2 saturated carbocycles. The molecule has 2 fully saturated rings. The van der Waals surface area contributed by atoms with Gasteiger partial charge < -0.3 is 10.6 Å². The molecule has 4 aliphatic rings. The second-order valence-corrected chi connectivity index (χ2v) is 10.2. The lowest BCUT2D eigenvalue weighted by molar-refractivity contribution is 0.0927. The molecule has 30 heavy (non-hydrogen) atoms. The van der Waals surface area contributed by atoms with Gasteiger partial charge >= 0.3 is 0 Å². The fraction of sp³-hybridized carbons (Fsp3) is 0.364. The van der Waals surface area contributed by atoms with Gasteiger partial charge in [-0.05, 0) is 60.4 Å². The van der Waals surface area contributed by atoms with Crippen molar-refractivity contribution in [3.8, 4) is 0 Å². The first kappa shape index (κ1) is 20.1. The first-order chi connectivity index (χ1) is 14.3. The second kappa shape index (κ2) is 6.85. The van der Waals surface area contributed by atoms with Crippen LogP contribution in [0.1, 0.15) is 44.7 Å². The fourth-order valence-electron chi connectivity index (χ4n) is 4.55. The van der Waals surface area contributed by atoms with Gasteiger partial charge in [-0.25, -0.2) is 8.78 Å². The molecule has 8 heteroatoms. The molecule has 2 heterocycles. The van der Waals surface area contributed by atoms with E-state index >= 15 is 0 Å². The van der Waals surface area contributed by atoms with Gasteiger partial charge in [0.2, 0.25) is 0 Å². The van der Waals surface area contributed by atoms with Crippen LogP contribution in [0, 0.1) is 0 Å². The maximum absolute atomic E-state index is 13.4. The van der Waals surface area contributed by atoms with Crippen molar-refractivity contribution in [2.24, 2.45) is 0 Å². The van der Waals surface area contributed by atoms with Crippen molar-refractivity contribution in [3.63, 3.8) is 0 Å². The van der Waals surface area contributed by atoms with Crippen LogP contribution in [-0.4, -0.2) is 37.2 Å². The zero-order valence-electron chi connectivity index (χ0n) is 15.8. The van der Waals surface area contributed by atoms with Crippen LogP contribution in [0.25, 0.3) is 0 Å². The molecule has 2 aliphatic carbocycles. The van der Waals surface area contributed by atoms with Crippen molar-refractivity contribution in [1.82, 2.24) is 10.6 Å². The highest BCUT2D eigenvalue weighted by Gasteiger charge is 2.60. The van der Waals surface area contributed by atoms with Gasteiger partial charge in [-0.1, -0.05) is 31.9 Å². The van der Waals surface area contributed by atoms with Crippen molar-refractivity contribution in [2.75, 3.05) is 13.1 Å². The van der Waals surface area contributed by atoms with E-state index in [9.17, 15) is 18.4 Å². The summed E-state index contributed by atoms with van der Waals surface area (Å²) in [4.78, 5) is 23.1. The van der Waals surface area contributed by atoms with Gasteiger partial charge in [-0.3, -0.25) is 9.59 Å². The number of nitrogens with one attached hydrogen (secondary N) is 2. The highest BCUT2D eigenvalue weighted by molar-refractivity contribution is 9.10. The maximum Gasteiger partial charge on any atom is 0.251 e. The number of benzene rings is 2. The minimum atomic E-state index is -0.814. The van der Waals surface area contributed by atoms with E-state index in [1.807, 2.05) is 24.3 Å². The summed E-state index contributed by atoms with van der Waals surface area (Å²) in [6.07, 6.45) is -0.578. The van der Waals surface area contributed by atoms with Crippen LogP contribution in [0.4, 0.5) is 8.78 Å². The van der Waals surface area contributed by atoms with Gasteiger partial charge in [0.05, 0.1) is 0 Å². The van der Waals surface area contributed by atoms with Crippen molar-refractivity contribution in [2.45, 2.75) is 36.0 Å². The Morgan fingerprint density at radius 1 is 0.767 bits per heavy atom. The molecular weight excluding hydrogens is 522 g/mol. The SMILES string of the molecule is O=C1NC[C@@]2(C[C@H]2F)c2cc(Br)ccc21.O=C1NC[C@]2(C[C@@H]2F)c2cc(Br)ccc21. The van der Waals surface area contributed by atoms with E-state index in [0.717, 1.165) is 20.1 Å². The Hall–Kier alpha value is -1.80. The number of carbonyl (C=O) groups is 2. The van der Waals surface area contributed by atoms with Gasteiger partial charge in [0, 0.05) is 44.0 Å². The summed E-state index contributed by atoms with van der Waals surface area (Å²) in [5.74, 6) is -0.190. The molecule has 0 bridgehead atoms. The zero-order valence-corrected chi connectivity index (χ0v) is 18.9. The third-order valence-electron chi connectivity index (χ3n) is 6.62. The number of halogens is 4. The summed E-state index contributed by atoms with van der Waals surface area (Å²) < 4.78 is 28.6. The van der Waals surface area contributed by atoms with E-state index in [0.29, 0.717) is 37.1 Å². The lowest BCUT2D eigenvalue weighted by Gasteiger charge is -2.25. The average Bonchev–Trinajstić information content (AvgIpc) is 3.58. The van der Waals surface area contributed by atoms with Crippen LogP contribution >= 0.6 is 31.9 Å². The Morgan fingerprint density at radius 3 is 1.47 bits per heavy atom. The van der Waals surface area contributed by atoms with Crippen LogP contribution in [0.3, 0.4) is 0 Å². The number of carbonyl (C=O) groups excluding carboxylic acids is 2. The lowest BCUT2D eigenvalue weighted by Crippen LogP contribution is -2.40. The highest BCUT2D eigenvalue weighted by Crippen LogP contribution is 2.54. The molecule has 2 spiro atoms. The Bertz CT molecular complexity index is 1010. The van der Waals surface area contributed by atoms with Gasteiger partial charge in [-0.15, -0.1) is 0 Å². The standard InChI is InChI=1S/2C11H9BrFNO/c2*12-6-1-2-7-8(3-6)11(4-9(11)13)5-14-10(7)15/h2*1-3,9H,4-5H2,(H,14,15)/t2*9-,11+/m10/s1. The normalized spacial score (nSPS) is 32.4. The predicted octanol–water partition coefficient (Wildman–Crippen LogP) is 4.34. The molecule has 2 aromatic carbocycles. The van der Waals surface area contributed by atoms with E-state index < -0.39 is 23.2 Å². The molecule has 4 atom stereocenters. The van der Waals surface area contributed by atoms with E-state index in [1.165, 1.54) is 0 Å². The number of amides is 2. The largest absolute Gasteiger partial charge is 0.351 e. The average molecular weight is 540 g/mol. The summed E-state index contributed by atoms with van der Waals surface area (Å²) in [6, 6.07) is 10.9. The zero-order chi connectivity index (χ0) is 21.3. The Morgan fingerprint density at radius 2 is 1.13 bits per heavy atom. The van der Waals surface area contributed by atoms with Crippen molar-refractivity contribution in [1.29, 1.82) is 0 Å². The number of hydrogen-bond donors (Lipinski definition) is 2. The van der Waals surface area contributed by atoms with E-state index in [2.05, 4.69) is 42.5 Å². The minimum Gasteiger partial charge on any atom is -0.351 e. The molecule has 156 valence electrons. The van der Waals surface area contributed by atoms with Crippen molar-refractivity contribution < 1.29 is 18.4 Å². The molecule has 0 unspecified atom stereocenters. The smallest absolute Gasteiger partial charge is 0.251 e. The summed E-state index contributed by atoms with van der Waals surface area (Å²) >= 11 is 6.71. The van der Waals surface area contributed by atoms with Crippen LogP contribution in [-0.2, 0) is 10.8 Å². The van der Waals surface area contributed by atoms with E-state index in [-0.39, 0.29) is 11.8 Å². The van der Waals surface area contributed by atoms with E-state index in [4.69, 9.17) is 0 Å². The molecule has 2 N–H and O–H groups in total. The van der Waals surface area contributed by atoms with Gasteiger partial charge in [0.15, 0.2) is 0 Å². The molecular formula is C22H18Br2F2N2O2. The monoisotopic (exact) mass is 538 g/mol. The van der Waals surface area contributed by atoms with Crippen molar-refractivity contribution >= 4 is 43.7 Å². The summed E-state index contributed by atoms with van der Waals surface area (Å²) in [5.41, 5.74) is 2.07. The Labute approximate surface area is 189 Å². The third kappa shape index (κ3) is 3.02. The summed E-state index contributed by atoms with van der Waals surface area (Å²) in [7, 11) is 0. The van der Waals surface area contributed by atoms with Crippen LogP contribution < -0.4 is 10.6 Å². The third-order valence-corrected chi connectivity index (χ3v) is 7.61. The number of rotatable bonds is 0. The number of hydrogen-bond acceptors (Lipinski definition) is 2.